The molecular formula is C11H24O3Sn2. The van der Waals surface area contributed by atoms with E-state index in [9.17, 15) is 0 Å². The van der Waals surface area contributed by atoms with E-state index in [1.54, 1.807) is 0 Å². The Kier molecular flexibility index (Phi) is 10.1. The summed E-state index contributed by atoms with van der Waals surface area (Å²) >= 11 is -3.10. The third kappa shape index (κ3) is 7.03. The molecule has 0 amide bonds. The van der Waals surface area contributed by atoms with Crippen molar-refractivity contribution in [1.82, 2.24) is 0 Å². The molecule has 16 heavy (non-hydrogen) atoms. The Labute approximate surface area is 119 Å². The Balaban J connectivity index is 2.19. The summed E-state index contributed by atoms with van der Waals surface area (Å²) in [4.78, 5) is 0. The number of rotatable bonds is 8. The molecule has 0 N–H and O–H groups in total. The molecule has 0 heterocycles. The fourth-order valence-electron chi connectivity index (χ4n) is 2.18. The molecule has 0 bridgehead atoms. The topological polar surface area (TPSA) is 27.7 Å². The van der Waals surface area contributed by atoms with Gasteiger partial charge in [0.25, 0.3) is 0 Å². The van der Waals surface area contributed by atoms with Gasteiger partial charge in [0.2, 0.25) is 0 Å². The first kappa shape index (κ1) is 15.5. The van der Waals surface area contributed by atoms with E-state index >= 15 is 0 Å². The monoisotopic (exact) mass is 444 g/mol. The molecule has 0 aromatic carbocycles. The Bertz CT molecular complexity index is 163. The van der Waals surface area contributed by atoms with E-state index in [4.69, 9.17) is 7.56 Å². The van der Waals surface area contributed by atoms with E-state index in [2.05, 4.69) is 6.92 Å². The van der Waals surface area contributed by atoms with Crippen LogP contribution >= 0.6 is 0 Å². The SMILES string of the molecule is CC[O][Sn][O][SnH]([CH2]C1CCCCC1)[O]CC. The van der Waals surface area contributed by atoms with E-state index in [1.807, 2.05) is 6.92 Å². The van der Waals surface area contributed by atoms with Gasteiger partial charge in [0, 0.05) is 0 Å². The summed E-state index contributed by atoms with van der Waals surface area (Å²) in [6.07, 6.45) is 7.08. The average molecular weight is 442 g/mol. The number of hydrogen-bond donors (Lipinski definition) is 0. The Morgan fingerprint density at radius 2 is 1.88 bits per heavy atom. The van der Waals surface area contributed by atoms with Crippen molar-refractivity contribution >= 4 is 42.6 Å². The fraction of sp³-hybridized carbons (Fsp3) is 1.00. The van der Waals surface area contributed by atoms with Crippen LogP contribution in [0, 0.1) is 5.92 Å². The molecule has 0 aliphatic heterocycles. The first-order chi connectivity index (χ1) is 7.86. The van der Waals surface area contributed by atoms with Crippen molar-refractivity contribution in [2.45, 2.75) is 50.4 Å². The van der Waals surface area contributed by atoms with Gasteiger partial charge < -0.3 is 0 Å². The van der Waals surface area contributed by atoms with Gasteiger partial charge in [-0.3, -0.25) is 0 Å². The molecule has 1 aliphatic rings. The summed E-state index contributed by atoms with van der Waals surface area (Å²) < 4.78 is 18.5. The van der Waals surface area contributed by atoms with Gasteiger partial charge >= 0.3 is 120 Å². The summed E-state index contributed by atoms with van der Waals surface area (Å²) in [5.41, 5.74) is 0. The standard InChI is InChI=1S/C7H13.2C2H5O.O.2Sn.H/c1-7-5-3-2-4-6-7;2*1-2-3;;;;/h7H,1-6H2;2*2H2,1H3;;;;/q;2*-1;;2*+1;. The quantitative estimate of drug-likeness (QED) is 0.428. The van der Waals surface area contributed by atoms with Crippen LogP contribution in [0.15, 0.2) is 0 Å². The van der Waals surface area contributed by atoms with Crippen LogP contribution in [-0.2, 0) is 7.56 Å². The van der Waals surface area contributed by atoms with Gasteiger partial charge in [0.15, 0.2) is 0 Å². The van der Waals surface area contributed by atoms with Crippen LogP contribution in [0.25, 0.3) is 0 Å². The summed E-state index contributed by atoms with van der Waals surface area (Å²) in [5.74, 6) is 0.905. The molecule has 2 radical (unpaired) electrons. The molecule has 1 saturated carbocycles. The second-order valence-electron chi connectivity index (χ2n) is 4.26. The normalized spacial score (nSPS) is 19.9. The van der Waals surface area contributed by atoms with E-state index in [0.29, 0.717) is 0 Å². The predicted octanol–water partition coefficient (Wildman–Crippen LogP) is 2.41. The molecule has 1 atom stereocenters. The van der Waals surface area contributed by atoms with Crippen molar-refractivity contribution in [1.29, 1.82) is 0 Å². The molecule has 0 aromatic heterocycles. The maximum atomic E-state index is 5.96. The Hall–Kier alpha value is 1.48. The zero-order chi connectivity index (χ0) is 11.6. The van der Waals surface area contributed by atoms with Gasteiger partial charge in [-0.15, -0.1) is 0 Å². The Morgan fingerprint density at radius 3 is 2.50 bits per heavy atom. The van der Waals surface area contributed by atoms with Crippen LogP contribution in [0.1, 0.15) is 46.0 Å². The second-order valence-corrected chi connectivity index (χ2v) is 15.5. The summed E-state index contributed by atoms with van der Waals surface area (Å²) in [6, 6.07) is 0. The third-order valence-corrected chi connectivity index (χ3v) is 17.1. The molecule has 3 nitrogen and oxygen atoms in total. The molecule has 1 unspecified atom stereocenters. The molecule has 94 valence electrons. The van der Waals surface area contributed by atoms with Gasteiger partial charge in [-0.05, 0) is 0 Å². The number of hydrogen-bond acceptors (Lipinski definition) is 3. The van der Waals surface area contributed by atoms with E-state index in [1.165, 1.54) is 36.5 Å². The van der Waals surface area contributed by atoms with Crippen molar-refractivity contribution in [2.24, 2.45) is 5.92 Å². The van der Waals surface area contributed by atoms with Crippen molar-refractivity contribution in [2.75, 3.05) is 13.2 Å². The first-order valence-electron chi connectivity index (χ1n) is 6.50. The molecule has 5 heteroatoms. The Morgan fingerprint density at radius 1 is 1.12 bits per heavy atom. The van der Waals surface area contributed by atoms with Gasteiger partial charge in [-0.1, -0.05) is 0 Å². The van der Waals surface area contributed by atoms with Crippen molar-refractivity contribution in [3.8, 4) is 0 Å². The molecule has 1 aliphatic carbocycles. The van der Waals surface area contributed by atoms with Gasteiger partial charge in [-0.25, -0.2) is 0 Å². The van der Waals surface area contributed by atoms with Crippen molar-refractivity contribution in [3.63, 3.8) is 0 Å². The first-order valence-corrected chi connectivity index (χ1v) is 13.9. The van der Waals surface area contributed by atoms with E-state index in [-0.39, 0.29) is 0 Å². The van der Waals surface area contributed by atoms with Crippen molar-refractivity contribution < 1.29 is 7.56 Å². The zero-order valence-corrected chi connectivity index (χ0v) is 16.7. The van der Waals surface area contributed by atoms with Crippen LogP contribution in [0.5, 0.6) is 0 Å². The molecule has 0 spiro atoms. The van der Waals surface area contributed by atoms with Crippen molar-refractivity contribution in [3.05, 3.63) is 0 Å². The molecule has 0 aromatic rings. The average Bonchev–Trinajstić information content (AvgIpc) is 2.31. The molecule has 1 fully saturated rings. The fourth-order valence-corrected chi connectivity index (χ4v) is 14.3. The summed E-state index contributed by atoms with van der Waals surface area (Å²) in [5, 5.41) is 0. The molecular weight excluding hydrogens is 418 g/mol. The van der Waals surface area contributed by atoms with Crippen LogP contribution in [0.2, 0.25) is 4.44 Å². The van der Waals surface area contributed by atoms with E-state index in [0.717, 1.165) is 19.1 Å². The molecule has 0 saturated heterocycles. The third-order valence-electron chi connectivity index (χ3n) is 2.99. The minimum absolute atomic E-state index is 0.806. The summed E-state index contributed by atoms with van der Waals surface area (Å²) in [7, 11) is 0. The van der Waals surface area contributed by atoms with Gasteiger partial charge in [0.05, 0.1) is 0 Å². The van der Waals surface area contributed by atoms with Gasteiger partial charge in [-0.2, -0.15) is 0 Å². The van der Waals surface area contributed by atoms with Crippen LogP contribution in [0.3, 0.4) is 0 Å². The zero-order valence-electron chi connectivity index (χ0n) is 10.5. The van der Waals surface area contributed by atoms with Crippen LogP contribution in [-0.4, -0.2) is 55.8 Å². The maximum absolute atomic E-state index is 5.96. The predicted molar refractivity (Wildman–Crippen MR) is 68.6 cm³/mol. The minimum atomic E-state index is -2.10. The molecule has 1 rings (SSSR count). The summed E-state index contributed by atoms with van der Waals surface area (Å²) in [6.45, 7) is 5.76. The van der Waals surface area contributed by atoms with Crippen LogP contribution in [0.4, 0.5) is 0 Å². The van der Waals surface area contributed by atoms with Crippen LogP contribution < -0.4 is 0 Å². The van der Waals surface area contributed by atoms with Gasteiger partial charge in [0.1, 0.15) is 0 Å². The second kappa shape index (κ2) is 10.4. The van der Waals surface area contributed by atoms with E-state index < -0.39 is 42.6 Å².